The van der Waals surface area contributed by atoms with Gasteiger partial charge < -0.3 is 10.1 Å². The van der Waals surface area contributed by atoms with Gasteiger partial charge in [0, 0.05) is 12.8 Å². The van der Waals surface area contributed by atoms with Crippen LogP contribution in [0.25, 0.3) is 0 Å². The summed E-state index contributed by atoms with van der Waals surface area (Å²) in [6.07, 6.45) is 5.56. The Kier molecular flexibility index (Phi) is 4.16. The molecule has 1 aliphatic heterocycles. The summed E-state index contributed by atoms with van der Waals surface area (Å²) in [6, 6.07) is -0.433. The molecule has 1 heterocycles. The van der Waals surface area contributed by atoms with Gasteiger partial charge >= 0.3 is 5.97 Å². The fourth-order valence-corrected chi connectivity index (χ4v) is 1.24. The number of nitrogens with one attached hydrogen (secondary N) is 1. The smallest absolute Gasteiger partial charge is 0.328 e. The topological polar surface area (TPSA) is 55.4 Å². The zero-order valence-electron chi connectivity index (χ0n) is 8.29. The van der Waals surface area contributed by atoms with Crippen LogP contribution in [0, 0.1) is 0 Å². The summed E-state index contributed by atoms with van der Waals surface area (Å²) >= 11 is 0. The van der Waals surface area contributed by atoms with E-state index in [2.05, 4.69) is 5.32 Å². The van der Waals surface area contributed by atoms with E-state index in [-0.39, 0.29) is 11.9 Å². The van der Waals surface area contributed by atoms with E-state index in [4.69, 9.17) is 4.74 Å². The van der Waals surface area contributed by atoms with Gasteiger partial charge in [0.1, 0.15) is 6.04 Å². The molecule has 1 rings (SSSR count). The second kappa shape index (κ2) is 5.42. The lowest BCUT2D eigenvalue weighted by Gasteiger charge is -2.06. The number of cyclic esters (lactones) is 1. The normalized spacial score (nSPS) is 21.2. The van der Waals surface area contributed by atoms with Crippen molar-refractivity contribution in [3.05, 3.63) is 12.2 Å². The maximum Gasteiger partial charge on any atom is 0.328 e. The van der Waals surface area contributed by atoms with Crippen molar-refractivity contribution in [1.29, 1.82) is 0 Å². The number of ether oxygens (including phenoxy) is 1. The fraction of sp³-hybridized carbons (Fsp3) is 0.600. The van der Waals surface area contributed by atoms with Gasteiger partial charge in [0.25, 0.3) is 0 Å². The van der Waals surface area contributed by atoms with Gasteiger partial charge in [-0.05, 0) is 6.42 Å². The highest BCUT2D eigenvalue weighted by molar-refractivity contribution is 5.85. The van der Waals surface area contributed by atoms with Crippen molar-refractivity contribution >= 4 is 11.9 Å². The van der Waals surface area contributed by atoms with E-state index in [1.165, 1.54) is 0 Å². The number of hydrogen-bond donors (Lipinski definition) is 1. The summed E-state index contributed by atoms with van der Waals surface area (Å²) < 4.78 is 4.72. The van der Waals surface area contributed by atoms with E-state index < -0.39 is 6.04 Å². The van der Waals surface area contributed by atoms with Crippen LogP contribution in [0.2, 0.25) is 0 Å². The van der Waals surface area contributed by atoms with Crippen LogP contribution in [0.3, 0.4) is 0 Å². The molecule has 0 aromatic carbocycles. The maximum atomic E-state index is 11.2. The molecule has 1 aliphatic rings. The van der Waals surface area contributed by atoms with E-state index >= 15 is 0 Å². The first-order valence-corrected chi connectivity index (χ1v) is 4.85. The number of rotatable bonds is 4. The van der Waals surface area contributed by atoms with Crippen molar-refractivity contribution in [2.75, 3.05) is 6.61 Å². The molecule has 4 nitrogen and oxygen atoms in total. The largest absolute Gasteiger partial charge is 0.464 e. The zero-order valence-corrected chi connectivity index (χ0v) is 8.29. The summed E-state index contributed by atoms with van der Waals surface area (Å²) in [6.45, 7) is 2.41. The van der Waals surface area contributed by atoms with Gasteiger partial charge in [-0.2, -0.15) is 0 Å². The summed E-state index contributed by atoms with van der Waals surface area (Å²) in [4.78, 5) is 22.2. The van der Waals surface area contributed by atoms with Gasteiger partial charge in [-0.15, -0.1) is 0 Å². The molecule has 1 atom stereocenters. The van der Waals surface area contributed by atoms with Crippen LogP contribution in [0.4, 0.5) is 0 Å². The maximum absolute atomic E-state index is 11.2. The van der Waals surface area contributed by atoms with Gasteiger partial charge in [0.05, 0.1) is 6.61 Å². The minimum atomic E-state index is -0.433. The average molecular weight is 197 g/mol. The van der Waals surface area contributed by atoms with Crippen molar-refractivity contribution in [3.63, 3.8) is 0 Å². The molecule has 0 aromatic rings. The molecule has 0 aliphatic carbocycles. The lowest BCUT2D eigenvalue weighted by atomic mass is 10.2. The van der Waals surface area contributed by atoms with E-state index in [0.717, 1.165) is 6.42 Å². The van der Waals surface area contributed by atoms with Crippen molar-refractivity contribution < 1.29 is 14.3 Å². The van der Waals surface area contributed by atoms with Crippen molar-refractivity contribution in [2.24, 2.45) is 0 Å². The van der Waals surface area contributed by atoms with E-state index in [1.54, 1.807) is 6.08 Å². The highest BCUT2D eigenvalue weighted by Crippen LogP contribution is 2.05. The van der Waals surface area contributed by atoms with Crippen molar-refractivity contribution in [2.45, 2.75) is 32.2 Å². The van der Waals surface area contributed by atoms with E-state index in [9.17, 15) is 9.59 Å². The molecule has 1 saturated heterocycles. The molecular formula is C10H15NO3. The second-order valence-electron chi connectivity index (χ2n) is 3.16. The number of carbonyl (C=O) groups is 2. The molecule has 0 saturated carbocycles. The standard InChI is InChI=1S/C10H15NO3/c1-2-3-4-5-9(12)11-8-6-7-14-10(8)13/h3-4,8H,2,5-7H2,1H3,(H,11,12)/b4-3+/t8-/m1/s1. The fourth-order valence-electron chi connectivity index (χ4n) is 1.24. The molecule has 0 bridgehead atoms. The van der Waals surface area contributed by atoms with Gasteiger partial charge in [-0.1, -0.05) is 19.1 Å². The molecule has 0 spiro atoms. The number of allylic oxidation sites excluding steroid dienone is 1. The molecule has 1 amide bonds. The van der Waals surface area contributed by atoms with Crippen LogP contribution in [0.5, 0.6) is 0 Å². The van der Waals surface area contributed by atoms with Gasteiger partial charge in [-0.25, -0.2) is 4.79 Å². The Labute approximate surface area is 83.3 Å². The van der Waals surface area contributed by atoms with Crippen LogP contribution < -0.4 is 5.32 Å². The number of esters is 1. The summed E-state index contributed by atoms with van der Waals surface area (Å²) in [5, 5.41) is 2.62. The van der Waals surface area contributed by atoms with Crippen LogP contribution in [0.15, 0.2) is 12.2 Å². The van der Waals surface area contributed by atoms with Crippen molar-refractivity contribution in [1.82, 2.24) is 5.32 Å². The third-order valence-corrected chi connectivity index (χ3v) is 1.98. The highest BCUT2D eigenvalue weighted by Gasteiger charge is 2.27. The van der Waals surface area contributed by atoms with Gasteiger partial charge in [0.2, 0.25) is 5.91 Å². The Morgan fingerprint density at radius 1 is 1.64 bits per heavy atom. The molecule has 0 radical (unpaired) electrons. The van der Waals surface area contributed by atoms with Gasteiger partial charge in [0.15, 0.2) is 0 Å². The van der Waals surface area contributed by atoms with Crippen molar-refractivity contribution in [3.8, 4) is 0 Å². The van der Waals surface area contributed by atoms with Crippen LogP contribution in [-0.4, -0.2) is 24.5 Å². The predicted octanol–water partition coefficient (Wildman–Crippen LogP) is 0.774. The molecule has 1 N–H and O–H groups in total. The lowest BCUT2D eigenvalue weighted by molar-refractivity contribution is -0.141. The zero-order chi connectivity index (χ0) is 10.4. The third-order valence-electron chi connectivity index (χ3n) is 1.98. The summed E-state index contributed by atoms with van der Waals surface area (Å²) in [7, 11) is 0. The third kappa shape index (κ3) is 3.20. The monoisotopic (exact) mass is 197 g/mol. The van der Waals surface area contributed by atoms with Crippen LogP contribution in [-0.2, 0) is 14.3 Å². The molecule has 0 aromatic heterocycles. The molecule has 4 heteroatoms. The highest BCUT2D eigenvalue weighted by atomic mass is 16.5. The Morgan fingerprint density at radius 3 is 3.00 bits per heavy atom. The Bertz CT molecular complexity index is 248. The minimum absolute atomic E-state index is 0.126. The van der Waals surface area contributed by atoms with E-state index in [0.29, 0.717) is 19.4 Å². The first kappa shape index (κ1) is 10.8. The Balaban J connectivity index is 2.26. The van der Waals surface area contributed by atoms with E-state index in [1.807, 2.05) is 13.0 Å². The number of amides is 1. The molecular weight excluding hydrogens is 182 g/mol. The summed E-state index contributed by atoms with van der Waals surface area (Å²) in [5.74, 6) is -0.448. The predicted molar refractivity (Wildman–Crippen MR) is 51.6 cm³/mol. The first-order valence-electron chi connectivity index (χ1n) is 4.85. The molecule has 78 valence electrons. The first-order chi connectivity index (χ1) is 6.74. The molecule has 1 fully saturated rings. The minimum Gasteiger partial charge on any atom is -0.464 e. The lowest BCUT2D eigenvalue weighted by Crippen LogP contribution is -2.37. The molecule has 0 unspecified atom stereocenters. The van der Waals surface area contributed by atoms with Gasteiger partial charge in [-0.3, -0.25) is 4.79 Å². The second-order valence-corrected chi connectivity index (χ2v) is 3.16. The quantitative estimate of drug-likeness (QED) is 0.535. The average Bonchev–Trinajstić information content (AvgIpc) is 2.52. The van der Waals surface area contributed by atoms with Crippen LogP contribution in [0.1, 0.15) is 26.2 Å². The summed E-state index contributed by atoms with van der Waals surface area (Å²) in [5.41, 5.74) is 0. The number of hydrogen-bond acceptors (Lipinski definition) is 3. The number of carbonyl (C=O) groups excluding carboxylic acids is 2. The Morgan fingerprint density at radius 2 is 2.43 bits per heavy atom. The van der Waals surface area contributed by atoms with Crippen LogP contribution >= 0.6 is 0 Å². The SMILES string of the molecule is CC/C=C/CC(=O)N[C@@H]1CCOC1=O. The Hall–Kier alpha value is -1.32. The molecule has 14 heavy (non-hydrogen) atoms.